The summed E-state index contributed by atoms with van der Waals surface area (Å²) in [5.74, 6) is -1.28. The Balaban J connectivity index is 2.39. The number of carbonyl (C=O) groups excluding carboxylic acids is 1. The van der Waals surface area contributed by atoms with Crippen molar-refractivity contribution >= 4 is 5.78 Å². The smallest absolute Gasteiger partial charge is 0.137 e. The van der Waals surface area contributed by atoms with Crippen molar-refractivity contribution in [3.05, 3.63) is 35.4 Å². The maximum atomic E-state index is 12.9. The highest BCUT2D eigenvalue weighted by molar-refractivity contribution is 5.80. The van der Waals surface area contributed by atoms with E-state index in [1.165, 1.54) is 12.1 Å². The van der Waals surface area contributed by atoms with E-state index >= 15 is 0 Å². The second-order valence-electron chi connectivity index (χ2n) is 4.09. The van der Waals surface area contributed by atoms with E-state index in [0.29, 0.717) is 18.5 Å². The number of nitrogens with two attached hydrogens (primary N) is 1. The summed E-state index contributed by atoms with van der Waals surface area (Å²) in [5.41, 5.74) is 5.73. The van der Waals surface area contributed by atoms with Crippen molar-refractivity contribution in [1.29, 1.82) is 0 Å². The van der Waals surface area contributed by atoms with Gasteiger partial charge in [0.05, 0.1) is 0 Å². The van der Waals surface area contributed by atoms with Gasteiger partial charge in [0.25, 0.3) is 0 Å². The molecule has 0 radical (unpaired) electrons. The molecule has 0 aromatic heterocycles. The van der Waals surface area contributed by atoms with Crippen molar-refractivity contribution in [2.24, 2.45) is 5.73 Å². The highest BCUT2D eigenvalue weighted by Gasteiger charge is 2.06. The third-order valence-corrected chi connectivity index (χ3v) is 2.48. The third-order valence-electron chi connectivity index (χ3n) is 2.48. The molecule has 2 N–H and O–H groups in total. The summed E-state index contributed by atoms with van der Waals surface area (Å²) < 4.78 is 25.7. The molecule has 0 aliphatic carbocycles. The van der Waals surface area contributed by atoms with Crippen LogP contribution in [0.15, 0.2) is 18.2 Å². The summed E-state index contributed by atoms with van der Waals surface area (Å²) in [7, 11) is 0. The van der Waals surface area contributed by atoms with Crippen molar-refractivity contribution in [2.45, 2.75) is 32.1 Å². The van der Waals surface area contributed by atoms with Crippen LogP contribution in [0.1, 0.15) is 31.2 Å². The Bertz CT molecular complexity index is 359. The Morgan fingerprint density at radius 3 is 2.29 bits per heavy atom. The lowest BCUT2D eigenvalue weighted by Crippen LogP contribution is -2.04. The molecular weight excluding hydrogens is 224 g/mol. The summed E-state index contributed by atoms with van der Waals surface area (Å²) in [6.45, 7) is 0.628. The molecule has 0 fully saturated rings. The van der Waals surface area contributed by atoms with Crippen molar-refractivity contribution < 1.29 is 13.6 Å². The standard InChI is InChI=1S/C13H17F2NO/c14-11-6-10(7-12(15)9-11)8-13(17)4-2-1-3-5-16/h6-7,9H,1-5,8,16H2. The zero-order valence-corrected chi connectivity index (χ0v) is 9.72. The van der Waals surface area contributed by atoms with Gasteiger partial charge in [-0.05, 0) is 37.1 Å². The molecule has 0 saturated heterocycles. The Hall–Kier alpha value is -1.29. The van der Waals surface area contributed by atoms with Crippen LogP contribution in [0.2, 0.25) is 0 Å². The number of hydrogen-bond acceptors (Lipinski definition) is 2. The molecule has 4 heteroatoms. The van der Waals surface area contributed by atoms with Gasteiger partial charge in [0, 0.05) is 18.9 Å². The Morgan fingerprint density at radius 2 is 1.71 bits per heavy atom. The van der Waals surface area contributed by atoms with Crippen LogP contribution < -0.4 is 5.73 Å². The second kappa shape index (κ2) is 7.12. The number of unbranched alkanes of at least 4 members (excludes halogenated alkanes) is 2. The molecule has 94 valence electrons. The van der Waals surface area contributed by atoms with E-state index in [0.717, 1.165) is 25.3 Å². The first kappa shape index (κ1) is 13.8. The molecule has 0 aliphatic rings. The van der Waals surface area contributed by atoms with Crippen molar-refractivity contribution in [2.75, 3.05) is 6.54 Å². The zero-order chi connectivity index (χ0) is 12.7. The minimum atomic E-state index is -0.643. The minimum absolute atomic E-state index is 0.00650. The maximum Gasteiger partial charge on any atom is 0.137 e. The second-order valence-corrected chi connectivity index (χ2v) is 4.09. The Kier molecular flexibility index (Phi) is 5.77. The van der Waals surface area contributed by atoms with Gasteiger partial charge < -0.3 is 5.73 Å². The van der Waals surface area contributed by atoms with Gasteiger partial charge in [-0.3, -0.25) is 4.79 Å². The summed E-state index contributed by atoms with van der Waals surface area (Å²) in [6, 6.07) is 3.19. The van der Waals surface area contributed by atoms with Gasteiger partial charge in [-0.15, -0.1) is 0 Å². The molecule has 0 spiro atoms. The number of halogens is 2. The summed E-state index contributed by atoms with van der Waals surface area (Å²) in [4.78, 5) is 11.5. The van der Waals surface area contributed by atoms with E-state index in [9.17, 15) is 13.6 Å². The van der Waals surface area contributed by atoms with Crippen LogP contribution in [0.4, 0.5) is 8.78 Å². The van der Waals surface area contributed by atoms with Gasteiger partial charge in [-0.2, -0.15) is 0 Å². The monoisotopic (exact) mass is 241 g/mol. The minimum Gasteiger partial charge on any atom is -0.330 e. The molecule has 1 rings (SSSR count). The van der Waals surface area contributed by atoms with Gasteiger partial charge in [0.15, 0.2) is 0 Å². The highest BCUT2D eigenvalue weighted by Crippen LogP contribution is 2.10. The molecule has 0 atom stereocenters. The molecule has 17 heavy (non-hydrogen) atoms. The van der Waals surface area contributed by atoms with Gasteiger partial charge >= 0.3 is 0 Å². The molecule has 0 aliphatic heterocycles. The molecule has 1 aromatic rings. The predicted octanol–water partition coefficient (Wildman–Crippen LogP) is 2.60. The molecule has 2 nitrogen and oxygen atoms in total. The first-order valence-corrected chi connectivity index (χ1v) is 5.78. The highest BCUT2D eigenvalue weighted by atomic mass is 19.1. The number of hydrogen-bond donors (Lipinski definition) is 1. The lowest BCUT2D eigenvalue weighted by Gasteiger charge is -2.02. The van der Waals surface area contributed by atoms with Gasteiger partial charge in [-0.1, -0.05) is 6.42 Å². The summed E-state index contributed by atoms with van der Waals surface area (Å²) in [5, 5.41) is 0. The Morgan fingerprint density at radius 1 is 1.06 bits per heavy atom. The molecule has 1 aromatic carbocycles. The van der Waals surface area contributed by atoms with Gasteiger partial charge in [0.2, 0.25) is 0 Å². The normalized spacial score (nSPS) is 10.5. The van der Waals surface area contributed by atoms with Crippen LogP contribution >= 0.6 is 0 Å². The van der Waals surface area contributed by atoms with Gasteiger partial charge in [-0.25, -0.2) is 8.78 Å². The number of benzene rings is 1. The van der Waals surface area contributed by atoms with E-state index in [1.54, 1.807) is 0 Å². The first-order chi connectivity index (χ1) is 8.11. The number of rotatable bonds is 7. The fraction of sp³-hybridized carbons (Fsp3) is 0.462. The molecule has 0 saturated carbocycles. The first-order valence-electron chi connectivity index (χ1n) is 5.78. The molecule has 0 amide bonds. The lowest BCUT2D eigenvalue weighted by molar-refractivity contribution is -0.118. The zero-order valence-electron chi connectivity index (χ0n) is 9.72. The SMILES string of the molecule is NCCCCCC(=O)Cc1cc(F)cc(F)c1. The largest absolute Gasteiger partial charge is 0.330 e. The number of carbonyl (C=O) groups is 1. The predicted molar refractivity (Wildman–Crippen MR) is 62.6 cm³/mol. The molecule has 0 unspecified atom stereocenters. The van der Waals surface area contributed by atoms with Crippen LogP contribution in [0, 0.1) is 11.6 Å². The van der Waals surface area contributed by atoms with Crippen LogP contribution in [-0.4, -0.2) is 12.3 Å². The van der Waals surface area contributed by atoms with E-state index in [2.05, 4.69) is 0 Å². The van der Waals surface area contributed by atoms with Crippen molar-refractivity contribution in [3.63, 3.8) is 0 Å². The summed E-state index contributed by atoms with van der Waals surface area (Å²) in [6.07, 6.45) is 3.14. The summed E-state index contributed by atoms with van der Waals surface area (Å²) >= 11 is 0. The van der Waals surface area contributed by atoms with E-state index in [1.807, 2.05) is 0 Å². The molecule has 0 heterocycles. The van der Waals surface area contributed by atoms with E-state index in [-0.39, 0.29) is 12.2 Å². The topological polar surface area (TPSA) is 43.1 Å². The fourth-order valence-corrected chi connectivity index (χ4v) is 1.67. The molecular formula is C13H17F2NO. The van der Waals surface area contributed by atoms with Crippen LogP contribution in [0.3, 0.4) is 0 Å². The average molecular weight is 241 g/mol. The maximum absolute atomic E-state index is 12.9. The van der Waals surface area contributed by atoms with Crippen molar-refractivity contribution in [3.8, 4) is 0 Å². The fourth-order valence-electron chi connectivity index (χ4n) is 1.67. The van der Waals surface area contributed by atoms with Gasteiger partial charge in [0.1, 0.15) is 17.4 Å². The Labute approximate surface area is 99.8 Å². The van der Waals surface area contributed by atoms with Crippen LogP contribution in [0.5, 0.6) is 0 Å². The van der Waals surface area contributed by atoms with E-state index < -0.39 is 11.6 Å². The number of ketones is 1. The number of Topliss-reactive ketones (excluding diaryl/α,β-unsaturated/α-hetero) is 1. The van der Waals surface area contributed by atoms with Crippen molar-refractivity contribution in [1.82, 2.24) is 0 Å². The van der Waals surface area contributed by atoms with Crippen LogP contribution in [0.25, 0.3) is 0 Å². The molecule has 0 bridgehead atoms. The lowest BCUT2D eigenvalue weighted by atomic mass is 10.0. The van der Waals surface area contributed by atoms with Crippen LogP contribution in [-0.2, 0) is 11.2 Å². The quantitative estimate of drug-likeness (QED) is 0.746. The third kappa shape index (κ3) is 5.54. The average Bonchev–Trinajstić information content (AvgIpc) is 2.23. The van der Waals surface area contributed by atoms with E-state index in [4.69, 9.17) is 5.73 Å².